The fourth-order valence-electron chi connectivity index (χ4n) is 2.59. The molecule has 0 aliphatic heterocycles. The summed E-state index contributed by atoms with van der Waals surface area (Å²) < 4.78 is 1.80. The molecule has 20 heavy (non-hydrogen) atoms. The molecular weight excluding hydrogens is 256 g/mol. The number of rotatable bonds is 5. The number of aryl methyl sites for hydroxylation is 1. The Labute approximate surface area is 119 Å². The molecule has 6 heteroatoms. The fraction of sp³-hybridized carbons (Fsp3) is 0.714. The molecule has 2 amide bonds. The average molecular weight is 280 g/mol. The molecule has 0 saturated heterocycles. The van der Waals surface area contributed by atoms with Gasteiger partial charge in [-0.1, -0.05) is 26.2 Å². The number of anilines is 1. The number of hydrogen-bond donors (Lipinski definition) is 3. The van der Waals surface area contributed by atoms with Crippen LogP contribution in [0.2, 0.25) is 0 Å². The van der Waals surface area contributed by atoms with Crippen molar-refractivity contribution in [3.63, 3.8) is 0 Å². The summed E-state index contributed by atoms with van der Waals surface area (Å²) in [4.78, 5) is 11.8. The number of urea groups is 1. The van der Waals surface area contributed by atoms with E-state index in [1.807, 2.05) is 0 Å². The minimum Gasteiger partial charge on any atom is -0.388 e. The molecule has 0 atom stereocenters. The molecule has 6 nitrogen and oxygen atoms in total. The molecule has 0 unspecified atom stereocenters. The summed E-state index contributed by atoms with van der Waals surface area (Å²) >= 11 is 0. The van der Waals surface area contributed by atoms with Crippen LogP contribution in [0.25, 0.3) is 0 Å². The fourth-order valence-corrected chi connectivity index (χ4v) is 2.59. The first kappa shape index (κ1) is 14.8. The lowest BCUT2D eigenvalue weighted by Gasteiger charge is -2.32. The lowest BCUT2D eigenvalue weighted by atomic mass is 9.85. The molecule has 2 rings (SSSR count). The first-order valence-corrected chi connectivity index (χ1v) is 7.41. The summed E-state index contributed by atoms with van der Waals surface area (Å²) in [6, 6.07) is -0.292. The molecular formula is C14H24N4O2. The van der Waals surface area contributed by atoms with E-state index in [0.29, 0.717) is 12.2 Å². The molecule has 0 aromatic carbocycles. The predicted molar refractivity (Wildman–Crippen MR) is 77.6 cm³/mol. The van der Waals surface area contributed by atoms with Crippen molar-refractivity contribution >= 4 is 11.7 Å². The van der Waals surface area contributed by atoms with Gasteiger partial charge in [0.2, 0.25) is 0 Å². The van der Waals surface area contributed by atoms with Gasteiger partial charge in [0, 0.05) is 19.3 Å². The van der Waals surface area contributed by atoms with Crippen LogP contribution in [-0.2, 0) is 6.54 Å². The zero-order valence-corrected chi connectivity index (χ0v) is 12.1. The van der Waals surface area contributed by atoms with Crippen LogP contribution in [0.1, 0.15) is 45.4 Å². The third-order valence-electron chi connectivity index (χ3n) is 3.71. The summed E-state index contributed by atoms with van der Waals surface area (Å²) in [7, 11) is 0. The first-order valence-electron chi connectivity index (χ1n) is 7.41. The third kappa shape index (κ3) is 4.23. The van der Waals surface area contributed by atoms with Crippen LogP contribution >= 0.6 is 0 Å². The topological polar surface area (TPSA) is 79.2 Å². The van der Waals surface area contributed by atoms with E-state index in [1.54, 1.807) is 17.1 Å². The number of carbonyl (C=O) groups is 1. The molecule has 0 radical (unpaired) electrons. The summed E-state index contributed by atoms with van der Waals surface area (Å²) in [5.74, 6) is 0. The molecule has 1 aromatic heterocycles. The monoisotopic (exact) mass is 280 g/mol. The van der Waals surface area contributed by atoms with Crippen molar-refractivity contribution in [1.82, 2.24) is 15.1 Å². The van der Waals surface area contributed by atoms with Crippen molar-refractivity contribution < 1.29 is 9.90 Å². The highest BCUT2D eigenvalue weighted by Crippen LogP contribution is 2.27. The maximum absolute atomic E-state index is 11.8. The smallest absolute Gasteiger partial charge is 0.319 e. The summed E-state index contributed by atoms with van der Waals surface area (Å²) in [6.45, 7) is 3.22. The van der Waals surface area contributed by atoms with Gasteiger partial charge in [-0.2, -0.15) is 5.10 Å². The maximum atomic E-state index is 11.8. The van der Waals surface area contributed by atoms with E-state index in [0.717, 1.165) is 38.6 Å². The minimum atomic E-state index is -0.734. The van der Waals surface area contributed by atoms with Crippen LogP contribution in [0.4, 0.5) is 10.5 Å². The van der Waals surface area contributed by atoms with Gasteiger partial charge in [0.1, 0.15) is 0 Å². The highest BCUT2D eigenvalue weighted by atomic mass is 16.3. The lowest BCUT2D eigenvalue weighted by molar-refractivity contribution is 0.00755. The summed E-state index contributed by atoms with van der Waals surface area (Å²) in [5.41, 5.74) is -0.0614. The molecule has 1 aromatic rings. The van der Waals surface area contributed by atoms with Gasteiger partial charge >= 0.3 is 6.03 Å². The Balaban J connectivity index is 1.76. The molecule has 1 aliphatic rings. The first-order chi connectivity index (χ1) is 9.61. The Bertz CT molecular complexity index is 438. The van der Waals surface area contributed by atoms with Crippen molar-refractivity contribution in [3.8, 4) is 0 Å². The molecule has 3 N–H and O–H groups in total. The number of hydrogen-bond acceptors (Lipinski definition) is 3. The molecule has 0 bridgehead atoms. The molecule has 112 valence electrons. The standard InChI is InChI=1S/C14H24N4O2/c1-2-8-18-10-12(9-16-18)17-13(19)15-11-14(20)6-4-3-5-7-14/h9-10,20H,2-8,11H2,1H3,(H2,15,17,19). The van der Waals surface area contributed by atoms with E-state index in [-0.39, 0.29) is 6.03 Å². The van der Waals surface area contributed by atoms with E-state index in [9.17, 15) is 9.90 Å². The maximum Gasteiger partial charge on any atom is 0.319 e. The van der Waals surface area contributed by atoms with Gasteiger partial charge in [-0.15, -0.1) is 0 Å². The van der Waals surface area contributed by atoms with Crippen molar-refractivity contribution in [2.45, 2.75) is 57.6 Å². The number of aliphatic hydroxyl groups is 1. The van der Waals surface area contributed by atoms with Crippen molar-refractivity contribution in [2.75, 3.05) is 11.9 Å². The van der Waals surface area contributed by atoms with Gasteiger partial charge in [0.15, 0.2) is 0 Å². The normalized spacial score (nSPS) is 17.7. The number of amides is 2. The Kier molecular flexibility index (Phi) is 5.00. The largest absolute Gasteiger partial charge is 0.388 e. The van der Waals surface area contributed by atoms with E-state index >= 15 is 0 Å². The van der Waals surface area contributed by atoms with Crippen molar-refractivity contribution in [3.05, 3.63) is 12.4 Å². The van der Waals surface area contributed by atoms with E-state index < -0.39 is 5.60 Å². The van der Waals surface area contributed by atoms with Crippen LogP contribution in [-0.4, -0.2) is 33.1 Å². The Morgan fingerprint density at radius 1 is 1.45 bits per heavy atom. The van der Waals surface area contributed by atoms with Gasteiger partial charge in [-0.05, 0) is 19.3 Å². The minimum absolute atomic E-state index is 0.292. The number of aromatic nitrogens is 2. The zero-order valence-electron chi connectivity index (χ0n) is 12.1. The second-order valence-electron chi connectivity index (χ2n) is 5.58. The van der Waals surface area contributed by atoms with Crippen LogP contribution in [0.15, 0.2) is 12.4 Å². The lowest BCUT2D eigenvalue weighted by Crippen LogP contribution is -2.45. The van der Waals surface area contributed by atoms with Crippen LogP contribution in [0.3, 0.4) is 0 Å². The Hall–Kier alpha value is -1.56. The molecule has 0 spiro atoms. The van der Waals surface area contributed by atoms with E-state index in [2.05, 4.69) is 22.7 Å². The van der Waals surface area contributed by atoms with Crippen LogP contribution in [0, 0.1) is 0 Å². The quantitative estimate of drug-likeness (QED) is 0.773. The Morgan fingerprint density at radius 3 is 2.90 bits per heavy atom. The SMILES string of the molecule is CCCn1cc(NC(=O)NCC2(O)CCCCC2)cn1. The molecule has 1 fully saturated rings. The van der Waals surface area contributed by atoms with Gasteiger partial charge in [-0.3, -0.25) is 4.68 Å². The third-order valence-corrected chi connectivity index (χ3v) is 3.71. The van der Waals surface area contributed by atoms with Crippen molar-refractivity contribution in [2.24, 2.45) is 0 Å². The van der Waals surface area contributed by atoms with Gasteiger partial charge in [-0.25, -0.2) is 4.79 Å². The number of carbonyl (C=O) groups excluding carboxylic acids is 1. The van der Waals surface area contributed by atoms with Crippen molar-refractivity contribution in [1.29, 1.82) is 0 Å². The average Bonchev–Trinajstić information content (AvgIpc) is 2.85. The zero-order chi connectivity index (χ0) is 14.4. The van der Waals surface area contributed by atoms with Crippen LogP contribution < -0.4 is 10.6 Å². The predicted octanol–water partition coefficient (Wildman–Crippen LogP) is 2.11. The Morgan fingerprint density at radius 2 is 2.20 bits per heavy atom. The molecule has 1 saturated carbocycles. The van der Waals surface area contributed by atoms with Gasteiger partial charge < -0.3 is 15.7 Å². The summed E-state index contributed by atoms with van der Waals surface area (Å²) in [5, 5.41) is 19.9. The summed E-state index contributed by atoms with van der Waals surface area (Å²) in [6.07, 6.45) is 9.20. The number of nitrogens with one attached hydrogen (secondary N) is 2. The highest BCUT2D eigenvalue weighted by molar-refractivity contribution is 5.88. The second-order valence-corrected chi connectivity index (χ2v) is 5.58. The highest BCUT2D eigenvalue weighted by Gasteiger charge is 2.29. The number of nitrogens with zero attached hydrogens (tertiary/aromatic N) is 2. The van der Waals surface area contributed by atoms with E-state index in [4.69, 9.17) is 0 Å². The molecule has 1 aliphatic carbocycles. The second kappa shape index (κ2) is 6.74. The van der Waals surface area contributed by atoms with Gasteiger partial charge in [0.05, 0.1) is 17.5 Å². The van der Waals surface area contributed by atoms with E-state index in [1.165, 1.54) is 6.42 Å². The molecule has 1 heterocycles. The van der Waals surface area contributed by atoms with Crippen LogP contribution in [0.5, 0.6) is 0 Å². The van der Waals surface area contributed by atoms with Gasteiger partial charge in [0.25, 0.3) is 0 Å².